The molecule has 1 aromatic rings. The maximum absolute atomic E-state index is 6.15. The van der Waals surface area contributed by atoms with Crippen LogP contribution < -0.4 is 10.1 Å². The number of alkyl halides is 1. The molecular weight excluding hydrogens is 233 g/mol. The molecule has 0 unspecified atom stereocenters. The third-order valence-corrected chi connectivity index (χ3v) is 4.25. The van der Waals surface area contributed by atoms with Crippen molar-refractivity contribution < 1.29 is 0 Å². The summed E-state index contributed by atoms with van der Waals surface area (Å²) in [7, 11) is 3.11. The molecule has 0 aliphatic carbocycles. The zero-order valence-corrected chi connectivity index (χ0v) is 11.2. The van der Waals surface area contributed by atoms with Crippen molar-refractivity contribution >= 4 is 41.7 Å². The number of rotatable bonds is 3. The van der Waals surface area contributed by atoms with Gasteiger partial charge in [-0.2, -0.15) is 11.1 Å². The standard InChI is InChI=1S/C10H14Cl2NSi/c1-13(2)9-4-5-10(14(3)12)8(6-9)7-11/h4-6H,7H2,1-3H3. The minimum absolute atomic E-state index is 0.533. The molecule has 77 valence electrons. The fraction of sp³-hybridized carbons (Fsp3) is 0.400. The summed E-state index contributed by atoms with van der Waals surface area (Å²) >= 11 is 12.0. The molecule has 0 saturated heterocycles. The van der Waals surface area contributed by atoms with Gasteiger partial charge in [0.2, 0.25) is 0 Å². The summed E-state index contributed by atoms with van der Waals surface area (Å²) in [5.74, 6) is 0.533. The normalized spacial score (nSPS) is 10.7. The summed E-state index contributed by atoms with van der Waals surface area (Å²) in [4.78, 5) is 2.07. The van der Waals surface area contributed by atoms with Crippen LogP contribution in [0.3, 0.4) is 0 Å². The molecule has 0 saturated carbocycles. The quantitative estimate of drug-likeness (QED) is 0.451. The van der Waals surface area contributed by atoms with Crippen molar-refractivity contribution in [3.8, 4) is 0 Å². The van der Waals surface area contributed by atoms with E-state index in [-0.39, 0.29) is 0 Å². The first-order valence-corrected chi connectivity index (χ1v) is 7.96. The van der Waals surface area contributed by atoms with Crippen LogP contribution in [0.25, 0.3) is 0 Å². The number of benzene rings is 1. The number of halogens is 2. The summed E-state index contributed by atoms with van der Waals surface area (Å²) in [6.45, 7) is 2.06. The first kappa shape index (κ1) is 11.9. The molecule has 0 bridgehead atoms. The van der Waals surface area contributed by atoms with E-state index in [2.05, 4.69) is 29.6 Å². The maximum Gasteiger partial charge on any atom is 0.196 e. The Hall–Kier alpha value is -0.183. The third-order valence-electron chi connectivity index (χ3n) is 2.12. The van der Waals surface area contributed by atoms with E-state index in [4.69, 9.17) is 22.7 Å². The topological polar surface area (TPSA) is 3.24 Å². The lowest BCUT2D eigenvalue weighted by Gasteiger charge is -2.16. The van der Waals surface area contributed by atoms with Gasteiger partial charge < -0.3 is 4.90 Å². The molecule has 0 spiro atoms. The highest BCUT2D eigenvalue weighted by Crippen LogP contribution is 2.14. The molecule has 0 fully saturated rings. The lowest BCUT2D eigenvalue weighted by atomic mass is 10.2. The highest BCUT2D eigenvalue weighted by molar-refractivity contribution is 7.13. The van der Waals surface area contributed by atoms with Gasteiger partial charge in [-0.3, -0.25) is 0 Å². The fourth-order valence-corrected chi connectivity index (χ4v) is 3.11. The van der Waals surface area contributed by atoms with E-state index in [0.29, 0.717) is 5.88 Å². The SMILES string of the molecule is CN(C)c1ccc([Si](C)Cl)c(CCl)c1. The van der Waals surface area contributed by atoms with Crippen molar-refractivity contribution in [3.63, 3.8) is 0 Å². The molecule has 1 nitrogen and oxygen atoms in total. The van der Waals surface area contributed by atoms with Crippen molar-refractivity contribution in [1.29, 1.82) is 0 Å². The Morgan fingerprint density at radius 2 is 2.00 bits per heavy atom. The maximum atomic E-state index is 6.15. The van der Waals surface area contributed by atoms with Crippen molar-refractivity contribution in [2.24, 2.45) is 0 Å². The van der Waals surface area contributed by atoms with Crippen LogP contribution in [-0.4, -0.2) is 22.2 Å². The molecule has 14 heavy (non-hydrogen) atoms. The van der Waals surface area contributed by atoms with Gasteiger partial charge in [0.25, 0.3) is 0 Å². The van der Waals surface area contributed by atoms with Gasteiger partial charge in [0.15, 0.2) is 8.11 Å². The van der Waals surface area contributed by atoms with Gasteiger partial charge in [-0.05, 0) is 22.9 Å². The lowest BCUT2D eigenvalue weighted by Crippen LogP contribution is -2.25. The average molecular weight is 247 g/mol. The predicted octanol–water partition coefficient (Wildman–Crippen LogP) is 2.56. The van der Waals surface area contributed by atoms with Crippen LogP contribution in [0.15, 0.2) is 18.2 Å². The van der Waals surface area contributed by atoms with E-state index < -0.39 is 8.11 Å². The van der Waals surface area contributed by atoms with Gasteiger partial charge in [-0.25, -0.2) is 0 Å². The van der Waals surface area contributed by atoms with Gasteiger partial charge in [-0.15, -0.1) is 11.6 Å². The second kappa shape index (κ2) is 5.05. The minimum Gasteiger partial charge on any atom is -0.378 e. The summed E-state index contributed by atoms with van der Waals surface area (Å²) in [6, 6.07) is 6.29. The second-order valence-electron chi connectivity index (χ2n) is 3.40. The van der Waals surface area contributed by atoms with E-state index >= 15 is 0 Å². The van der Waals surface area contributed by atoms with Crippen molar-refractivity contribution in [2.45, 2.75) is 12.4 Å². The molecule has 0 aliphatic rings. The molecule has 1 rings (SSSR count). The molecule has 1 aromatic carbocycles. The van der Waals surface area contributed by atoms with Crippen molar-refractivity contribution in [3.05, 3.63) is 23.8 Å². The van der Waals surface area contributed by atoms with E-state index in [1.165, 1.54) is 10.9 Å². The summed E-state index contributed by atoms with van der Waals surface area (Å²) in [6.07, 6.45) is 0. The Labute approximate surface area is 96.9 Å². The summed E-state index contributed by atoms with van der Waals surface area (Å²) in [5, 5.41) is 1.22. The van der Waals surface area contributed by atoms with Gasteiger partial charge in [0.1, 0.15) is 0 Å². The Morgan fingerprint density at radius 1 is 1.36 bits per heavy atom. The molecule has 0 N–H and O–H groups in total. The number of hydrogen-bond donors (Lipinski definition) is 0. The zero-order valence-electron chi connectivity index (χ0n) is 8.64. The molecular formula is C10H14Cl2NSi. The first-order chi connectivity index (χ1) is 6.56. The van der Waals surface area contributed by atoms with Crippen LogP contribution in [0.1, 0.15) is 5.56 Å². The van der Waals surface area contributed by atoms with Crippen molar-refractivity contribution in [2.75, 3.05) is 19.0 Å². The van der Waals surface area contributed by atoms with Crippen LogP contribution in [0.5, 0.6) is 0 Å². The zero-order chi connectivity index (χ0) is 10.7. The van der Waals surface area contributed by atoms with Crippen LogP contribution in [0.4, 0.5) is 5.69 Å². The van der Waals surface area contributed by atoms with Crippen LogP contribution >= 0.6 is 22.7 Å². The Bertz CT molecular complexity index is 313. The molecule has 4 heteroatoms. The van der Waals surface area contributed by atoms with Crippen LogP contribution in [0, 0.1) is 0 Å². The molecule has 0 atom stereocenters. The molecule has 0 heterocycles. The predicted molar refractivity (Wildman–Crippen MR) is 67.4 cm³/mol. The average Bonchev–Trinajstić information content (AvgIpc) is 2.16. The minimum atomic E-state index is -0.927. The Balaban J connectivity index is 3.11. The molecule has 0 amide bonds. The Kier molecular flexibility index (Phi) is 4.29. The smallest absolute Gasteiger partial charge is 0.196 e. The van der Waals surface area contributed by atoms with E-state index in [0.717, 1.165) is 5.56 Å². The highest BCUT2D eigenvalue weighted by Gasteiger charge is 2.10. The van der Waals surface area contributed by atoms with Gasteiger partial charge in [0.05, 0.1) is 0 Å². The number of nitrogens with zero attached hydrogens (tertiary/aromatic N) is 1. The number of hydrogen-bond acceptors (Lipinski definition) is 1. The largest absolute Gasteiger partial charge is 0.378 e. The van der Waals surface area contributed by atoms with Crippen molar-refractivity contribution in [1.82, 2.24) is 0 Å². The molecule has 0 aromatic heterocycles. The van der Waals surface area contributed by atoms with Gasteiger partial charge in [-0.1, -0.05) is 12.6 Å². The van der Waals surface area contributed by atoms with E-state index in [1.54, 1.807) is 0 Å². The fourth-order valence-electron chi connectivity index (χ4n) is 1.30. The summed E-state index contributed by atoms with van der Waals surface area (Å²) < 4.78 is 0. The third kappa shape index (κ3) is 2.66. The summed E-state index contributed by atoms with van der Waals surface area (Å²) in [5.41, 5.74) is 2.33. The monoisotopic (exact) mass is 246 g/mol. The van der Waals surface area contributed by atoms with Gasteiger partial charge in [0, 0.05) is 25.7 Å². The molecule has 1 radical (unpaired) electrons. The van der Waals surface area contributed by atoms with Crippen LogP contribution in [0.2, 0.25) is 6.55 Å². The molecule has 0 aliphatic heterocycles. The first-order valence-electron chi connectivity index (χ1n) is 4.42. The van der Waals surface area contributed by atoms with E-state index in [1.807, 2.05) is 14.1 Å². The van der Waals surface area contributed by atoms with Gasteiger partial charge >= 0.3 is 0 Å². The second-order valence-corrected chi connectivity index (χ2v) is 6.98. The lowest BCUT2D eigenvalue weighted by molar-refractivity contribution is 1.13. The Morgan fingerprint density at radius 3 is 2.43 bits per heavy atom. The van der Waals surface area contributed by atoms with Crippen LogP contribution in [-0.2, 0) is 5.88 Å². The number of anilines is 1. The van der Waals surface area contributed by atoms with E-state index in [9.17, 15) is 0 Å². The highest BCUT2D eigenvalue weighted by atomic mass is 35.6.